The average molecular weight is 406 g/mol. The largest absolute Gasteiger partial charge is 0.481 e. The molecule has 1 unspecified atom stereocenters. The zero-order valence-corrected chi connectivity index (χ0v) is 16.0. The van der Waals surface area contributed by atoms with Crippen molar-refractivity contribution in [3.63, 3.8) is 0 Å². The molecule has 30 heavy (non-hydrogen) atoms. The van der Waals surface area contributed by atoms with Crippen molar-refractivity contribution in [2.24, 2.45) is 0 Å². The number of hydrogen-bond donors (Lipinski definition) is 1. The van der Waals surface area contributed by atoms with E-state index in [-0.39, 0.29) is 17.4 Å². The monoisotopic (exact) mass is 406 g/mol. The number of carboxylic acid groups (broad SMARTS) is 1. The van der Waals surface area contributed by atoms with Crippen LogP contribution in [0.2, 0.25) is 0 Å². The third kappa shape index (κ3) is 2.48. The van der Waals surface area contributed by atoms with Gasteiger partial charge in [0.2, 0.25) is 0 Å². The van der Waals surface area contributed by atoms with Crippen LogP contribution >= 0.6 is 0 Å². The normalized spacial score (nSPS) is 13.6. The van der Waals surface area contributed by atoms with Gasteiger partial charge in [0.1, 0.15) is 0 Å². The van der Waals surface area contributed by atoms with Gasteiger partial charge in [-0.1, -0.05) is 61.5 Å². The predicted octanol–water partition coefficient (Wildman–Crippen LogP) is 7.33. The predicted molar refractivity (Wildman–Crippen MR) is 113 cm³/mol. The van der Waals surface area contributed by atoms with E-state index in [1.165, 1.54) is 6.07 Å². The summed E-state index contributed by atoms with van der Waals surface area (Å²) in [5.41, 5.74) is -0.575. The van der Waals surface area contributed by atoms with Gasteiger partial charge in [-0.3, -0.25) is 4.79 Å². The standard InChI is InChI=1S/C25H17F3O2/c1-2-14(24(29)30)17-9-10-18-15-7-3-5-13-6-4-8-16(21(13)15)19-11-12-20(25(26,27)28)23(17)22(18)19/h3-12,14H,2H2,1H3,(H,29,30). The Morgan fingerprint density at radius 3 is 1.93 bits per heavy atom. The fourth-order valence-electron chi connectivity index (χ4n) is 4.81. The molecule has 0 amide bonds. The van der Waals surface area contributed by atoms with Crippen molar-refractivity contribution in [2.45, 2.75) is 25.4 Å². The molecule has 1 atom stereocenters. The van der Waals surface area contributed by atoms with Crippen molar-refractivity contribution in [3.8, 4) is 0 Å². The first-order valence-electron chi connectivity index (χ1n) is 9.75. The summed E-state index contributed by atoms with van der Waals surface area (Å²) in [5, 5.41) is 15.3. The maximum absolute atomic E-state index is 14.0. The van der Waals surface area contributed by atoms with Crippen LogP contribution in [0.5, 0.6) is 0 Å². The molecule has 0 bridgehead atoms. The summed E-state index contributed by atoms with van der Waals surface area (Å²) < 4.78 is 42.1. The smallest absolute Gasteiger partial charge is 0.417 e. The minimum atomic E-state index is -4.59. The van der Waals surface area contributed by atoms with Gasteiger partial charge in [0, 0.05) is 0 Å². The van der Waals surface area contributed by atoms with Crippen LogP contribution in [-0.2, 0) is 11.0 Å². The Labute approximate surface area is 169 Å². The van der Waals surface area contributed by atoms with Crippen molar-refractivity contribution >= 4 is 49.1 Å². The lowest BCUT2D eigenvalue weighted by Gasteiger charge is -2.22. The summed E-state index contributed by atoms with van der Waals surface area (Å²) in [4.78, 5) is 11.9. The lowest BCUT2D eigenvalue weighted by molar-refractivity contribution is -0.139. The van der Waals surface area contributed by atoms with Crippen LogP contribution in [0.1, 0.15) is 30.4 Å². The van der Waals surface area contributed by atoms with E-state index < -0.39 is 23.6 Å². The highest BCUT2D eigenvalue weighted by Gasteiger charge is 2.35. The lowest BCUT2D eigenvalue weighted by Crippen LogP contribution is -2.14. The summed E-state index contributed by atoms with van der Waals surface area (Å²) in [6.45, 7) is 1.68. The summed E-state index contributed by atoms with van der Waals surface area (Å²) in [6, 6.07) is 17.5. The number of rotatable bonds is 3. The molecule has 5 aromatic carbocycles. The van der Waals surface area contributed by atoms with Gasteiger partial charge in [-0.25, -0.2) is 0 Å². The molecular formula is C25H17F3O2. The first-order valence-corrected chi connectivity index (χ1v) is 9.75. The quantitative estimate of drug-likeness (QED) is 0.251. The maximum Gasteiger partial charge on any atom is 0.417 e. The Morgan fingerprint density at radius 2 is 1.40 bits per heavy atom. The minimum absolute atomic E-state index is 0.00161. The summed E-state index contributed by atoms with van der Waals surface area (Å²) >= 11 is 0. The van der Waals surface area contributed by atoms with Gasteiger partial charge in [0.15, 0.2) is 0 Å². The second-order valence-corrected chi connectivity index (χ2v) is 7.62. The van der Waals surface area contributed by atoms with Crippen molar-refractivity contribution in [1.82, 2.24) is 0 Å². The van der Waals surface area contributed by atoms with Crippen molar-refractivity contribution < 1.29 is 23.1 Å². The molecule has 0 aliphatic rings. The van der Waals surface area contributed by atoms with Gasteiger partial charge in [0.25, 0.3) is 0 Å². The Hall–Kier alpha value is -3.34. The van der Waals surface area contributed by atoms with Gasteiger partial charge in [-0.05, 0) is 61.1 Å². The van der Waals surface area contributed by atoms with Gasteiger partial charge >= 0.3 is 12.1 Å². The van der Waals surface area contributed by atoms with Crippen LogP contribution in [0.4, 0.5) is 13.2 Å². The summed E-state index contributed by atoms with van der Waals surface area (Å²) in [6.07, 6.45) is -4.39. The van der Waals surface area contributed by atoms with Gasteiger partial charge in [0.05, 0.1) is 11.5 Å². The minimum Gasteiger partial charge on any atom is -0.481 e. The Morgan fingerprint density at radius 1 is 0.833 bits per heavy atom. The van der Waals surface area contributed by atoms with E-state index in [1.807, 2.05) is 36.4 Å². The molecule has 0 fully saturated rings. The zero-order valence-electron chi connectivity index (χ0n) is 16.0. The summed E-state index contributed by atoms with van der Waals surface area (Å²) in [5.74, 6) is -2.13. The first-order chi connectivity index (χ1) is 14.3. The Balaban J connectivity index is 2.10. The van der Waals surface area contributed by atoms with E-state index >= 15 is 0 Å². The highest BCUT2D eigenvalue weighted by molar-refractivity contribution is 6.33. The van der Waals surface area contributed by atoms with Gasteiger partial charge in [-0.15, -0.1) is 0 Å². The molecule has 0 spiro atoms. The van der Waals surface area contributed by atoms with E-state index in [0.29, 0.717) is 16.2 Å². The van der Waals surface area contributed by atoms with Crippen molar-refractivity contribution in [1.29, 1.82) is 0 Å². The third-order valence-corrected chi connectivity index (χ3v) is 6.07. The Bertz CT molecular complexity index is 1400. The molecule has 150 valence electrons. The van der Waals surface area contributed by atoms with Crippen LogP contribution in [0, 0.1) is 0 Å². The highest BCUT2D eigenvalue weighted by Crippen LogP contribution is 2.46. The second-order valence-electron chi connectivity index (χ2n) is 7.62. The maximum atomic E-state index is 14.0. The molecule has 0 saturated carbocycles. The fraction of sp³-hybridized carbons (Fsp3) is 0.160. The van der Waals surface area contributed by atoms with Gasteiger partial charge in [-0.2, -0.15) is 13.2 Å². The molecular weight excluding hydrogens is 389 g/mol. The number of carboxylic acids is 1. The highest BCUT2D eigenvalue weighted by atomic mass is 19.4. The second kappa shape index (κ2) is 6.33. The zero-order chi connectivity index (χ0) is 21.2. The Kier molecular flexibility index (Phi) is 3.94. The number of alkyl halides is 3. The van der Waals surface area contributed by atoms with Crippen LogP contribution in [0.15, 0.2) is 60.7 Å². The number of halogens is 3. The van der Waals surface area contributed by atoms with Crippen LogP contribution in [0.25, 0.3) is 43.1 Å². The van der Waals surface area contributed by atoms with Crippen LogP contribution < -0.4 is 0 Å². The van der Waals surface area contributed by atoms with E-state index in [4.69, 9.17) is 0 Å². The summed E-state index contributed by atoms with van der Waals surface area (Å²) in [7, 11) is 0. The molecule has 0 saturated heterocycles. The molecule has 0 radical (unpaired) electrons. The van der Waals surface area contributed by atoms with Crippen molar-refractivity contribution in [3.05, 3.63) is 71.8 Å². The molecule has 1 N–H and O–H groups in total. The van der Waals surface area contributed by atoms with E-state index in [1.54, 1.807) is 19.1 Å². The molecule has 0 heterocycles. The molecule has 2 nitrogen and oxygen atoms in total. The van der Waals surface area contributed by atoms with Crippen molar-refractivity contribution in [2.75, 3.05) is 0 Å². The number of aliphatic carboxylic acids is 1. The number of benzene rings is 5. The average Bonchev–Trinajstić information content (AvgIpc) is 2.71. The number of hydrogen-bond acceptors (Lipinski definition) is 1. The van der Waals surface area contributed by atoms with E-state index in [0.717, 1.165) is 27.6 Å². The fourth-order valence-corrected chi connectivity index (χ4v) is 4.81. The molecule has 0 aromatic heterocycles. The van der Waals surface area contributed by atoms with E-state index in [2.05, 4.69) is 0 Å². The lowest BCUT2D eigenvalue weighted by atomic mass is 9.83. The molecule has 0 aliphatic heterocycles. The molecule has 5 aromatic rings. The molecule has 5 heteroatoms. The number of fused-ring (bicyclic) bond motifs is 2. The van der Waals surface area contributed by atoms with Crippen LogP contribution in [0.3, 0.4) is 0 Å². The molecule has 5 rings (SSSR count). The number of carbonyl (C=O) groups is 1. The SMILES string of the molecule is CCC(C(=O)O)c1ccc2c3cccc4cccc(c5ccc(C(F)(F)F)c1c25)c43. The topological polar surface area (TPSA) is 37.3 Å². The third-order valence-electron chi connectivity index (χ3n) is 6.07. The molecule has 0 aliphatic carbocycles. The first kappa shape index (κ1) is 18.7. The van der Waals surface area contributed by atoms with Gasteiger partial charge < -0.3 is 5.11 Å². The van der Waals surface area contributed by atoms with Crippen LogP contribution in [-0.4, -0.2) is 11.1 Å². The van der Waals surface area contributed by atoms with E-state index in [9.17, 15) is 23.1 Å².